The van der Waals surface area contributed by atoms with Crippen LogP contribution in [0.25, 0.3) is 33.5 Å². The molecule has 262 valence electrons. The number of ketones is 1. The summed E-state index contributed by atoms with van der Waals surface area (Å²) in [5.41, 5.74) is 4.06. The Morgan fingerprint density at radius 1 is 0.922 bits per heavy atom. The normalized spacial score (nSPS) is 20.5. The van der Waals surface area contributed by atoms with E-state index in [1.807, 2.05) is 36.5 Å². The van der Waals surface area contributed by atoms with E-state index >= 15 is 4.39 Å². The van der Waals surface area contributed by atoms with Gasteiger partial charge in [0.15, 0.2) is 5.82 Å². The van der Waals surface area contributed by atoms with E-state index in [0.717, 1.165) is 39.0 Å². The van der Waals surface area contributed by atoms with E-state index in [4.69, 9.17) is 4.74 Å². The summed E-state index contributed by atoms with van der Waals surface area (Å²) in [7, 11) is 1.62. The van der Waals surface area contributed by atoms with Crippen molar-refractivity contribution in [1.82, 2.24) is 34.9 Å². The van der Waals surface area contributed by atoms with Crippen molar-refractivity contribution in [3.8, 4) is 22.6 Å². The number of carbonyl (C=O) groups is 2. The number of H-pyrrole nitrogens is 1. The fourth-order valence-electron chi connectivity index (χ4n) is 7.81. The largest absolute Gasteiger partial charge is 0.384 e. The molecule has 1 amide bonds. The van der Waals surface area contributed by atoms with E-state index in [9.17, 15) is 9.59 Å². The maximum Gasteiger partial charge on any atom is 0.236 e. The third-order valence-corrected chi connectivity index (χ3v) is 11.0. The second-order valence-electron chi connectivity index (χ2n) is 14.5. The highest BCUT2D eigenvalue weighted by Crippen LogP contribution is 2.41. The molecular formula is C40H42FN7O3. The fourth-order valence-corrected chi connectivity index (χ4v) is 7.81. The summed E-state index contributed by atoms with van der Waals surface area (Å²) < 4.78 is 21.7. The van der Waals surface area contributed by atoms with Crippen LogP contribution in [0.1, 0.15) is 54.8 Å². The summed E-state index contributed by atoms with van der Waals surface area (Å²) in [5.74, 6) is 1.22. The van der Waals surface area contributed by atoms with Crippen LogP contribution in [-0.4, -0.2) is 93.1 Å². The van der Waals surface area contributed by atoms with Crippen molar-refractivity contribution in [1.29, 1.82) is 0 Å². The van der Waals surface area contributed by atoms with Gasteiger partial charge >= 0.3 is 0 Å². The molecule has 2 aliphatic heterocycles. The first-order valence-electron chi connectivity index (χ1n) is 17.9. The van der Waals surface area contributed by atoms with Gasteiger partial charge in [0, 0.05) is 92.7 Å². The highest BCUT2D eigenvalue weighted by molar-refractivity contribution is 5.95. The van der Waals surface area contributed by atoms with Gasteiger partial charge in [-0.15, -0.1) is 0 Å². The van der Waals surface area contributed by atoms with E-state index in [2.05, 4.69) is 42.2 Å². The molecule has 0 bridgehead atoms. The molecule has 3 aromatic heterocycles. The standard InChI is InChI=1S/C40H42FN7O3/c1-51-26-39(35(49)22-27-3-10-33-32(21-27)37(46-45-33)30-11-17-42-34(23-30)28-4-5-28)12-18-47(25-39)24-36(50)48-19-13-40(41,14-20-48)31-8-6-29(7-9-31)38-43-15-2-16-44-38/h2-3,6-11,15-17,21,23,28H,4-5,12-14,18-20,22,24-26H2,1H3,(H,45,46)/t39-/m1/s1. The van der Waals surface area contributed by atoms with Gasteiger partial charge in [-0.1, -0.05) is 30.3 Å². The van der Waals surface area contributed by atoms with E-state index in [1.165, 1.54) is 12.8 Å². The first-order valence-corrected chi connectivity index (χ1v) is 17.9. The summed E-state index contributed by atoms with van der Waals surface area (Å²) in [4.78, 5) is 44.4. The van der Waals surface area contributed by atoms with Crippen LogP contribution in [0.15, 0.2) is 79.3 Å². The Morgan fingerprint density at radius 3 is 2.45 bits per heavy atom. The molecule has 2 aromatic carbocycles. The molecule has 10 nitrogen and oxygen atoms in total. The molecule has 51 heavy (non-hydrogen) atoms. The number of methoxy groups -OCH3 is 1. The monoisotopic (exact) mass is 687 g/mol. The average Bonchev–Trinajstić information content (AvgIpc) is 3.81. The Morgan fingerprint density at radius 2 is 1.71 bits per heavy atom. The number of pyridine rings is 1. The van der Waals surface area contributed by atoms with Crippen LogP contribution >= 0.6 is 0 Å². The second kappa shape index (κ2) is 13.7. The number of nitrogens with zero attached hydrogens (tertiary/aromatic N) is 6. The van der Waals surface area contributed by atoms with Crippen molar-refractivity contribution >= 4 is 22.6 Å². The number of halogens is 1. The fraction of sp³-hybridized carbons (Fsp3) is 0.400. The number of carbonyl (C=O) groups excluding carboxylic acids is 2. The Hall–Kier alpha value is -4.87. The molecule has 8 rings (SSSR count). The number of ether oxygens (including phenoxy) is 1. The van der Waals surface area contributed by atoms with Crippen LogP contribution in [0.4, 0.5) is 4.39 Å². The lowest BCUT2D eigenvalue weighted by atomic mass is 9.80. The lowest BCUT2D eigenvalue weighted by Crippen LogP contribution is -2.47. The molecule has 2 saturated heterocycles. The van der Waals surface area contributed by atoms with Crippen molar-refractivity contribution in [2.75, 3.05) is 46.4 Å². The van der Waals surface area contributed by atoms with Gasteiger partial charge in [-0.3, -0.25) is 24.6 Å². The molecule has 1 atom stereocenters. The summed E-state index contributed by atoms with van der Waals surface area (Å²) in [5, 5.41) is 8.73. The van der Waals surface area contributed by atoms with E-state index < -0.39 is 11.1 Å². The Balaban J connectivity index is 0.891. The number of amides is 1. The van der Waals surface area contributed by atoms with Gasteiger partial charge in [-0.25, -0.2) is 14.4 Å². The second-order valence-corrected chi connectivity index (χ2v) is 14.5. The predicted octanol–water partition coefficient (Wildman–Crippen LogP) is 5.90. The zero-order valence-corrected chi connectivity index (χ0v) is 28.9. The smallest absolute Gasteiger partial charge is 0.236 e. The van der Waals surface area contributed by atoms with Gasteiger partial charge in [-0.05, 0) is 67.3 Å². The topological polar surface area (TPSA) is 117 Å². The highest BCUT2D eigenvalue weighted by atomic mass is 19.1. The van der Waals surface area contributed by atoms with Gasteiger partial charge in [-0.2, -0.15) is 5.10 Å². The number of fused-ring (bicyclic) bond motifs is 1. The highest BCUT2D eigenvalue weighted by Gasteiger charge is 2.45. The number of alkyl halides is 1. The first-order chi connectivity index (χ1) is 24.8. The summed E-state index contributed by atoms with van der Waals surface area (Å²) in [6.45, 7) is 2.24. The Kier molecular flexibility index (Phi) is 8.93. The van der Waals surface area contributed by atoms with Crippen LogP contribution in [0.2, 0.25) is 0 Å². The van der Waals surface area contributed by atoms with E-state index in [0.29, 0.717) is 56.5 Å². The van der Waals surface area contributed by atoms with Crippen molar-refractivity contribution in [2.24, 2.45) is 5.41 Å². The molecule has 1 aliphatic carbocycles. The van der Waals surface area contributed by atoms with Crippen molar-refractivity contribution in [3.05, 3.63) is 96.1 Å². The molecule has 11 heteroatoms. The van der Waals surface area contributed by atoms with Crippen molar-refractivity contribution in [2.45, 2.75) is 50.1 Å². The number of benzene rings is 2. The quantitative estimate of drug-likeness (QED) is 0.183. The number of likely N-dealkylation sites (tertiary alicyclic amines) is 2. The number of Topliss-reactive ketones (excluding diaryl/α,β-unsaturated/α-hetero) is 1. The minimum absolute atomic E-state index is 0.0341. The maximum atomic E-state index is 16.1. The number of rotatable bonds is 11. The third kappa shape index (κ3) is 6.80. The summed E-state index contributed by atoms with van der Waals surface area (Å²) in [6, 6.07) is 19.2. The Bertz CT molecular complexity index is 2040. The van der Waals surface area contributed by atoms with Crippen LogP contribution in [-0.2, 0) is 26.4 Å². The predicted molar refractivity (Wildman–Crippen MR) is 191 cm³/mol. The number of hydrogen-bond donors (Lipinski definition) is 1. The molecule has 0 radical (unpaired) electrons. The maximum absolute atomic E-state index is 16.1. The lowest BCUT2D eigenvalue weighted by Gasteiger charge is -2.37. The lowest BCUT2D eigenvalue weighted by molar-refractivity contribution is -0.136. The Labute approximate surface area is 296 Å². The van der Waals surface area contributed by atoms with Crippen molar-refractivity contribution < 1.29 is 18.7 Å². The van der Waals surface area contributed by atoms with Crippen LogP contribution in [0.5, 0.6) is 0 Å². The van der Waals surface area contributed by atoms with Gasteiger partial charge in [0.25, 0.3) is 0 Å². The number of hydrogen-bond acceptors (Lipinski definition) is 8. The number of piperidine rings is 1. The molecule has 0 unspecified atom stereocenters. The van der Waals surface area contributed by atoms with Gasteiger partial charge < -0.3 is 9.64 Å². The van der Waals surface area contributed by atoms with Gasteiger partial charge in [0.05, 0.1) is 24.1 Å². The average molecular weight is 688 g/mol. The molecule has 5 heterocycles. The SMILES string of the molecule is COC[C@@]1(C(=O)Cc2ccc3[nH]nc(-c4ccnc(C5CC5)c4)c3c2)CCN(CC(=O)N2CCC(F)(c3ccc(-c4ncccn4)cc3)CC2)C1. The molecule has 1 saturated carbocycles. The number of aromatic amines is 1. The summed E-state index contributed by atoms with van der Waals surface area (Å²) in [6.07, 6.45) is 8.93. The first kappa shape index (κ1) is 33.3. The molecular weight excluding hydrogens is 645 g/mol. The number of aromatic nitrogens is 5. The van der Waals surface area contributed by atoms with Gasteiger partial charge in [0.1, 0.15) is 17.1 Å². The number of nitrogens with one attached hydrogen (secondary N) is 1. The van der Waals surface area contributed by atoms with E-state index in [1.54, 1.807) is 42.6 Å². The zero-order chi connectivity index (χ0) is 35.0. The summed E-state index contributed by atoms with van der Waals surface area (Å²) >= 11 is 0. The molecule has 5 aromatic rings. The van der Waals surface area contributed by atoms with Crippen LogP contribution in [0.3, 0.4) is 0 Å². The third-order valence-electron chi connectivity index (χ3n) is 11.0. The molecule has 3 fully saturated rings. The van der Waals surface area contributed by atoms with Crippen LogP contribution < -0.4 is 0 Å². The van der Waals surface area contributed by atoms with E-state index in [-0.39, 0.29) is 37.5 Å². The van der Waals surface area contributed by atoms with Crippen molar-refractivity contribution in [3.63, 3.8) is 0 Å². The minimum atomic E-state index is -1.50. The zero-order valence-electron chi connectivity index (χ0n) is 28.9. The molecule has 3 aliphatic rings. The minimum Gasteiger partial charge on any atom is -0.384 e. The van der Waals surface area contributed by atoms with Crippen LogP contribution in [0, 0.1) is 5.41 Å². The molecule has 1 N–H and O–H groups in total. The molecule has 0 spiro atoms. The van der Waals surface area contributed by atoms with Gasteiger partial charge in [0.2, 0.25) is 5.91 Å².